The summed E-state index contributed by atoms with van der Waals surface area (Å²) in [6.45, 7) is 0.469. The van der Waals surface area contributed by atoms with Crippen LogP contribution < -0.4 is 16.0 Å². The van der Waals surface area contributed by atoms with E-state index in [1.165, 1.54) is 31.5 Å². The Morgan fingerprint density at radius 3 is 2.65 bits per heavy atom. The fraction of sp³-hybridized carbons (Fsp3) is 0.583. The molecule has 1 saturated carbocycles. The van der Waals surface area contributed by atoms with Gasteiger partial charge in [-0.25, -0.2) is 24.0 Å². The summed E-state index contributed by atoms with van der Waals surface area (Å²) in [5.74, 6) is 5.88. The number of aromatic nitrogens is 1. The van der Waals surface area contributed by atoms with Crippen LogP contribution in [0.3, 0.4) is 0 Å². The predicted octanol–water partition coefficient (Wildman–Crippen LogP) is 1.88. The molecule has 4 N–H and O–H groups in total. The first-order valence-electron chi connectivity index (χ1n) is 6.65. The lowest BCUT2D eigenvalue weighted by atomic mass is 9.90. The number of anilines is 1. The normalized spacial score (nSPS) is 17.1. The van der Waals surface area contributed by atoms with Crippen molar-refractivity contribution in [1.29, 1.82) is 0 Å². The number of nitrogens with one attached hydrogen (secondary N) is 2. The van der Waals surface area contributed by atoms with E-state index in [0.29, 0.717) is 12.5 Å². The van der Waals surface area contributed by atoms with Crippen molar-refractivity contribution in [2.45, 2.75) is 37.0 Å². The second-order valence-corrected chi connectivity index (χ2v) is 7.18. The second kappa shape index (κ2) is 6.71. The number of hydrazine groups is 1. The highest BCUT2D eigenvalue weighted by atomic mass is 35.5. The van der Waals surface area contributed by atoms with Gasteiger partial charge in [-0.2, -0.15) is 0 Å². The summed E-state index contributed by atoms with van der Waals surface area (Å²) in [5.41, 5.74) is 2.30. The molecule has 1 fully saturated rings. The molecule has 0 aromatic carbocycles. The molecule has 112 valence electrons. The molecule has 0 radical (unpaired) electrons. The molecule has 0 bridgehead atoms. The van der Waals surface area contributed by atoms with E-state index in [0.717, 1.165) is 12.8 Å². The van der Waals surface area contributed by atoms with Crippen LogP contribution in [0.4, 0.5) is 5.82 Å². The van der Waals surface area contributed by atoms with Gasteiger partial charge in [-0.05, 0) is 24.8 Å². The van der Waals surface area contributed by atoms with Crippen molar-refractivity contribution in [3.05, 3.63) is 17.3 Å². The highest BCUT2D eigenvalue weighted by Crippen LogP contribution is 2.24. The summed E-state index contributed by atoms with van der Waals surface area (Å²) in [4.78, 5) is 3.92. The molecular formula is C12H19ClN4O2S. The smallest absolute Gasteiger partial charge is 0.242 e. The van der Waals surface area contributed by atoms with Gasteiger partial charge in [0.1, 0.15) is 4.90 Å². The fourth-order valence-electron chi connectivity index (χ4n) is 2.38. The first-order valence-corrected chi connectivity index (χ1v) is 8.51. The Bertz CT molecular complexity index is 559. The van der Waals surface area contributed by atoms with E-state index in [1.54, 1.807) is 0 Å². The maximum absolute atomic E-state index is 12.2. The standard InChI is InChI=1S/C12H19ClN4O2S/c13-11-6-10(8-15-12(11)17-14)20(18,19)16-7-9-4-2-1-3-5-9/h6,8-9,16H,1-5,7,14H2,(H,15,17). The molecule has 0 aliphatic heterocycles. The van der Waals surface area contributed by atoms with E-state index in [2.05, 4.69) is 15.1 Å². The first-order chi connectivity index (χ1) is 9.53. The summed E-state index contributed by atoms with van der Waals surface area (Å²) in [6, 6.07) is 1.34. The van der Waals surface area contributed by atoms with Crippen LogP contribution in [0.2, 0.25) is 5.02 Å². The number of halogens is 1. The zero-order chi connectivity index (χ0) is 14.6. The monoisotopic (exact) mass is 318 g/mol. The highest BCUT2D eigenvalue weighted by Gasteiger charge is 2.20. The quantitative estimate of drug-likeness (QED) is 0.569. The molecule has 0 unspecified atom stereocenters. The van der Waals surface area contributed by atoms with Crippen molar-refractivity contribution < 1.29 is 8.42 Å². The molecule has 0 spiro atoms. The number of sulfonamides is 1. The van der Waals surface area contributed by atoms with Crippen LogP contribution in [0.15, 0.2) is 17.2 Å². The van der Waals surface area contributed by atoms with Crippen LogP contribution >= 0.6 is 11.6 Å². The molecule has 2 rings (SSSR count). The molecule has 6 nitrogen and oxygen atoms in total. The third-order valence-electron chi connectivity index (χ3n) is 3.55. The summed E-state index contributed by atoms with van der Waals surface area (Å²) in [7, 11) is -3.57. The summed E-state index contributed by atoms with van der Waals surface area (Å²) in [5, 5.41) is 0.174. The number of nitrogens with zero attached hydrogens (tertiary/aromatic N) is 1. The molecule has 1 aliphatic carbocycles. The van der Waals surface area contributed by atoms with Gasteiger partial charge in [0.15, 0.2) is 5.82 Å². The van der Waals surface area contributed by atoms with Gasteiger partial charge in [-0.15, -0.1) is 0 Å². The van der Waals surface area contributed by atoms with Crippen LogP contribution in [-0.4, -0.2) is 19.9 Å². The first kappa shape index (κ1) is 15.5. The third-order valence-corrected chi connectivity index (χ3v) is 5.23. The molecule has 1 aromatic heterocycles. The maximum Gasteiger partial charge on any atom is 0.242 e. The van der Waals surface area contributed by atoms with E-state index >= 15 is 0 Å². The average Bonchev–Trinajstić information content (AvgIpc) is 2.46. The number of rotatable bonds is 5. The lowest BCUT2D eigenvalue weighted by Gasteiger charge is -2.21. The fourth-order valence-corrected chi connectivity index (χ4v) is 3.75. The van der Waals surface area contributed by atoms with Crippen LogP contribution in [0, 0.1) is 5.92 Å². The minimum atomic E-state index is -3.57. The molecule has 0 atom stereocenters. The SMILES string of the molecule is NNc1ncc(S(=O)(=O)NCC2CCCCC2)cc1Cl. The van der Waals surface area contributed by atoms with Crippen molar-refractivity contribution in [1.82, 2.24) is 9.71 Å². The van der Waals surface area contributed by atoms with Gasteiger partial charge < -0.3 is 5.43 Å². The topological polar surface area (TPSA) is 97.1 Å². The summed E-state index contributed by atoms with van der Waals surface area (Å²) in [6.07, 6.45) is 7.00. The minimum Gasteiger partial charge on any atom is -0.307 e. The van der Waals surface area contributed by atoms with Gasteiger partial charge in [0.05, 0.1) is 5.02 Å². The van der Waals surface area contributed by atoms with Crippen molar-refractivity contribution in [2.75, 3.05) is 12.0 Å². The van der Waals surface area contributed by atoms with Crippen molar-refractivity contribution in [3.8, 4) is 0 Å². The van der Waals surface area contributed by atoms with Crippen LogP contribution in [-0.2, 0) is 10.0 Å². The van der Waals surface area contributed by atoms with E-state index < -0.39 is 10.0 Å². The van der Waals surface area contributed by atoms with Crippen LogP contribution in [0.25, 0.3) is 0 Å². The van der Waals surface area contributed by atoms with Gasteiger partial charge in [0, 0.05) is 12.7 Å². The van der Waals surface area contributed by atoms with E-state index in [-0.39, 0.29) is 15.7 Å². The third kappa shape index (κ3) is 3.82. The summed E-state index contributed by atoms with van der Waals surface area (Å²) >= 11 is 5.89. The number of nitrogens with two attached hydrogens (primary N) is 1. The maximum atomic E-state index is 12.2. The molecular weight excluding hydrogens is 300 g/mol. The van der Waals surface area contributed by atoms with E-state index in [4.69, 9.17) is 17.4 Å². The number of hydrogen-bond donors (Lipinski definition) is 3. The van der Waals surface area contributed by atoms with Crippen LogP contribution in [0.5, 0.6) is 0 Å². The summed E-state index contributed by atoms with van der Waals surface area (Å²) < 4.78 is 27.0. The molecule has 0 amide bonds. The Labute approximate surface area is 124 Å². The van der Waals surface area contributed by atoms with Gasteiger partial charge in [0.25, 0.3) is 0 Å². The largest absolute Gasteiger partial charge is 0.307 e. The molecule has 1 aromatic rings. The van der Waals surface area contributed by atoms with Gasteiger partial charge in [-0.3, -0.25) is 0 Å². The second-order valence-electron chi connectivity index (χ2n) is 5.00. The Morgan fingerprint density at radius 2 is 2.05 bits per heavy atom. The molecule has 20 heavy (non-hydrogen) atoms. The Hall–Kier alpha value is -0.890. The Morgan fingerprint density at radius 1 is 1.35 bits per heavy atom. The lowest BCUT2D eigenvalue weighted by molar-refractivity contribution is 0.357. The highest BCUT2D eigenvalue weighted by molar-refractivity contribution is 7.89. The van der Waals surface area contributed by atoms with Gasteiger partial charge in [0.2, 0.25) is 10.0 Å². The predicted molar refractivity (Wildman–Crippen MR) is 78.8 cm³/mol. The zero-order valence-electron chi connectivity index (χ0n) is 11.1. The Kier molecular flexibility index (Phi) is 5.20. The molecule has 0 saturated heterocycles. The number of hydrogen-bond acceptors (Lipinski definition) is 5. The lowest BCUT2D eigenvalue weighted by Crippen LogP contribution is -2.30. The number of nitrogen functional groups attached to an aromatic ring is 1. The van der Waals surface area contributed by atoms with Crippen molar-refractivity contribution in [3.63, 3.8) is 0 Å². The molecule has 1 aliphatic rings. The number of pyridine rings is 1. The van der Waals surface area contributed by atoms with E-state index in [1.807, 2.05) is 0 Å². The van der Waals surface area contributed by atoms with Gasteiger partial charge >= 0.3 is 0 Å². The Balaban J connectivity index is 2.04. The van der Waals surface area contributed by atoms with Crippen LogP contribution in [0.1, 0.15) is 32.1 Å². The van der Waals surface area contributed by atoms with Gasteiger partial charge in [-0.1, -0.05) is 30.9 Å². The molecule has 1 heterocycles. The van der Waals surface area contributed by atoms with E-state index in [9.17, 15) is 8.42 Å². The molecule has 8 heteroatoms. The average molecular weight is 319 g/mol. The minimum absolute atomic E-state index is 0.0531. The zero-order valence-corrected chi connectivity index (χ0v) is 12.7. The van der Waals surface area contributed by atoms with Crippen molar-refractivity contribution in [2.24, 2.45) is 11.8 Å². The van der Waals surface area contributed by atoms with Crippen molar-refractivity contribution >= 4 is 27.4 Å².